The molecule has 2 aromatic heterocycles. The molecule has 0 aliphatic carbocycles. The van der Waals surface area contributed by atoms with Crippen molar-refractivity contribution in [3.63, 3.8) is 0 Å². The first-order chi connectivity index (χ1) is 9.24. The van der Waals surface area contributed by atoms with E-state index in [-0.39, 0.29) is 5.52 Å². The summed E-state index contributed by atoms with van der Waals surface area (Å²) in [6.07, 6.45) is 2.88. The van der Waals surface area contributed by atoms with E-state index in [2.05, 4.69) is 15.0 Å². The maximum atomic E-state index is 13.6. The Labute approximate surface area is 108 Å². The van der Waals surface area contributed by atoms with Crippen LogP contribution in [-0.2, 0) is 0 Å². The number of ether oxygens (including phenoxy) is 1. The van der Waals surface area contributed by atoms with Crippen LogP contribution in [0.15, 0.2) is 42.9 Å². The Hall–Kier alpha value is -2.56. The van der Waals surface area contributed by atoms with E-state index in [9.17, 15) is 4.39 Å². The van der Waals surface area contributed by atoms with Gasteiger partial charge in [-0.15, -0.1) is 0 Å². The van der Waals surface area contributed by atoms with Crippen LogP contribution in [-0.4, -0.2) is 15.0 Å². The van der Waals surface area contributed by atoms with Gasteiger partial charge in [-0.1, -0.05) is 6.07 Å². The van der Waals surface area contributed by atoms with Crippen molar-refractivity contribution in [2.75, 3.05) is 0 Å². The van der Waals surface area contributed by atoms with E-state index >= 15 is 0 Å². The highest BCUT2D eigenvalue weighted by molar-refractivity contribution is 5.83. The highest BCUT2D eigenvalue weighted by Gasteiger charge is 2.09. The molecular formula is C14H10FN3O. The van der Waals surface area contributed by atoms with Crippen molar-refractivity contribution in [2.45, 2.75) is 6.92 Å². The molecule has 3 rings (SSSR count). The third-order valence-corrected chi connectivity index (χ3v) is 2.68. The van der Waals surface area contributed by atoms with Crippen LogP contribution in [0.4, 0.5) is 4.39 Å². The second kappa shape index (κ2) is 4.61. The molecule has 0 radical (unpaired) electrons. The number of hydrogen-bond donors (Lipinski definition) is 0. The highest BCUT2D eigenvalue weighted by atomic mass is 19.1. The molecule has 94 valence electrons. The standard InChI is InChI=1S/C14H10FN3O/c1-9-5-6-10(7-16-9)19-14-11-3-2-4-12(15)13(11)17-8-18-14/h2-8H,1H3. The van der Waals surface area contributed by atoms with Crippen molar-refractivity contribution in [3.8, 4) is 11.6 Å². The van der Waals surface area contributed by atoms with E-state index in [1.54, 1.807) is 24.4 Å². The molecule has 0 N–H and O–H groups in total. The normalized spacial score (nSPS) is 10.6. The molecule has 0 amide bonds. The fourth-order valence-electron chi connectivity index (χ4n) is 1.74. The summed E-state index contributed by atoms with van der Waals surface area (Å²) in [4.78, 5) is 12.1. The van der Waals surface area contributed by atoms with Crippen molar-refractivity contribution < 1.29 is 9.13 Å². The number of aromatic nitrogens is 3. The SMILES string of the molecule is Cc1ccc(Oc2ncnc3c(F)cccc23)cn1. The van der Waals surface area contributed by atoms with Crippen LogP contribution < -0.4 is 4.74 Å². The number of rotatable bonds is 2. The molecule has 2 heterocycles. The van der Waals surface area contributed by atoms with Gasteiger partial charge in [0.25, 0.3) is 0 Å². The minimum atomic E-state index is -0.396. The first-order valence-corrected chi connectivity index (χ1v) is 5.74. The molecule has 0 saturated heterocycles. The molecule has 0 fully saturated rings. The van der Waals surface area contributed by atoms with Gasteiger partial charge < -0.3 is 4.74 Å². The molecule has 3 aromatic rings. The van der Waals surface area contributed by atoms with Gasteiger partial charge in [-0.05, 0) is 31.2 Å². The molecular weight excluding hydrogens is 245 g/mol. The molecule has 4 nitrogen and oxygen atoms in total. The van der Waals surface area contributed by atoms with Crippen molar-refractivity contribution in [1.29, 1.82) is 0 Å². The topological polar surface area (TPSA) is 47.9 Å². The van der Waals surface area contributed by atoms with Gasteiger partial charge >= 0.3 is 0 Å². The Bertz CT molecular complexity index is 728. The van der Waals surface area contributed by atoms with Crippen molar-refractivity contribution in [2.24, 2.45) is 0 Å². The Kier molecular flexibility index (Phi) is 2.79. The van der Waals surface area contributed by atoms with Gasteiger partial charge in [-0.25, -0.2) is 14.4 Å². The molecule has 5 heteroatoms. The van der Waals surface area contributed by atoms with Crippen LogP contribution in [0.2, 0.25) is 0 Å². The van der Waals surface area contributed by atoms with Gasteiger partial charge in [-0.2, -0.15) is 0 Å². The average molecular weight is 255 g/mol. The van der Waals surface area contributed by atoms with Gasteiger partial charge in [0.2, 0.25) is 5.88 Å². The second-order valence-electron chi connectivity index (χ2n) is 4.05. The van der Waals surface area contributed by atoms with Crippen LogP contribution in [0, 0.1) is 12.7 Å². The van der Waals surface area contributed by atoms with Gasteiger partial charge in [0, 0.05) is 5.69 Å². The molecule has 0 aliphatic heterocycles. The zero-order valence-electron chi connectivity index (χ0n) is 10.2. The largest absolute Gasteiger partial charge is 0.437 e. The number of nitrogens with zero attached hydrogens (tertiary/aromatic N) is 3. The van der Waals surface area contributed by atoms with E-state index in [1.807, 2.05) is 13.0 Å². The minimum Gasteiger partial charge on any atom is -0.437 e. The number of fused-ring (bicyclic) bond motifs is 1. The Morgan fingerprint density at radius 2 is 1.95 bits per heavy atom. The fourth-order valence-corrected chi connectivity index (χ4v) is 1.74. The lowest BCUT2D eigenvalue weighted by molar-refractivity contribution is 0.465. The van der Waals surface area contributed by atoms with E-state index in [1.165, 1.54) is 12.4 Å². The van der Waals surface area contributed by atoms with Crippen LogP contribution in [0.5, 0.6) is 11.6 Å². The van der Waals surface area contributed by atoms with Crippen LogP contribution in [0.1, 0.15) is 5.69 Å². The van der Waals surface area contributed by atoms with Crippen molar-refractivity contribution in [1.82, 2.24) is 15.0 Å². The van der Waals surface area contributed by atoms with Crippen LogP contribution in [0.3, 0.4) is 0 Å². The lowest BCUT2D eigenvalue weighted by atomic mass is 10.2. The second-order valence-corrected chi connectivity index (χ2v) is 4.05. The zero-order chi connectivity index (χ0) is 13.2. The summed E-state index contributed by atoms with van der Waals surface area (Å²) in [5, 5.41) is 0.531. The third-order valence-electron chi connectivity index (χ3n) is 2.68. The fraction of sp³-hybridized carbons (Fsp3) is 0.0714. The average Bonchev–Trinajstić information content (AvgIpc) is 2.43. The minimum absolute atomic E-state index is 0.243. The number of para-hydroxylation sites is 1. The summed E-state index contributed by atoms with van der Waals surface area (Å²) in [7, 11) is 0. The van der Waals surface area contributed by atoms with Crippen molar-refractivity contribution >= 4 is 10.9 Å². The van der Waals surface area contributed by atoms with E-state index in [4.69, 9.17) is 4.74 Å². The molecule has 19 heavy (non-hydrogen) atoms. The van der Waals surface area contributed by atoms with Gasteiger partial charge in [-0.3, -0.25) is 4.98 Å². The molecule has 0 bridgehead atoms. The monoisotopic (exact) mass is 255 g/mol. The highest BCUT2D eigenvalue weighted by Crippen LogP contribution is 2.27. The molecule has 0 atom stereocenters. The third kappa shape index (κ3) is 2.22. The Morgan fingerprint density at radius 3 is 2.74 bits per heavy atom. The number of aryl methyl sites for hydroxylation is 1. The maximum absolute atomic E-state index is 13.6. The summed E-state index contributed by atoms with van der Waals surface area (Å²) in [6.45, 7) is 1.89. The molecule has 1 aromatic carbocycles. The first kappa shape index (κ1) is 11.5. The lowest BCUT2D eigenvalue weighted by Gasteiger charge is -2.07. The Balaban J connectivity index is 2.06. The van der Waals surface area contributed by atoms with Crippen LogP contribution >= 0.6 is 0 Å². The van der Waals surface area contributed by atoms with Crippen LogP contribution in [0.25, 0.3) is 10.9 Å². The Morgan fingerprint density at radius 1 is 1.05 bits per heavy atom. The van der Waals surface area contributed by atoms with E-state index in [0.29, 0.717) is 17.0 Å². The van der Waals surface area contributed by atoms with Gasteiger partial charge in [0.05, 0.1) is 11.6 Å². The first-order valence-electron chi connectivity index (χ1n) is 5.74. The van der Waals surface area contributed by atoms with E-state index in [0.717, 1.165) is 5.69 Å². The van der Waals surface area contributed by atoms with Gasteiger partial charge in [0.1, 0.15) is 23.4 Å². The molecule has 0 spiro atoms. The number of halogens is 1. The predicted molar refractivity (Wildman–Crippen MR) is 68.5 cm³/mol. The molecule has 0 unspecified atom stereocenters. The maximum Gasteiger partial charge on any atom is 0.230 e. The number of benzene rings is 1. The van der Waals surface area contributed by atoms with E-state index < -0.39 is 5.82 Å². The quantitative estimate of drug-likeness (QED) is 0.705. The van der Waals surface area contributed by atoms with Crippen molar-refractivity contribution in [3.05, 3.63) is 54.4 Å². The number of hydrogen-bond acceptors (Lipinski definition) is 4. The summed E-state index contributed by atoms with van der Waals surface area (Å²) in [5.41, 5.74) is 1.14. The summed E-state index contributed by atoms with van der Waals surface area (Å²) in [6, 6.07) is 8.29. The molecule has 0 saturated carbocycles. The molecule has 0 aliphatic rings. The zero-order valence-corrected chi connectivity index (χ0v) is 10.2. The number of pyridine rings is 1. The summed E-state index contributed by atoms with van der Waals surface area (Å²) >= 11 is 0. The lowest BCUT2D eigenvalue weighted by Crippen LogP contribution is -1.93. The van der Waals surface area contributed by atoms with Gasteiger partial charge in [0.15, 0.2) is 0 Å². The predicted octanol–water partition coefficient (Wildman–Crippen LogP) is 3.26. The summed E-state index contributed by atoms with van der Waals surface area (Å²) < 4.78 is 19.2. The smallest absolute Gasteiger partial charge is 0.230 e. The summed E-state index contributed by atoms with van der Waals surface area (Å²) in [5.74, 6) is 0.469.